The summed E-state index contributed by atoms with van der Waals surface area (Å²) in [4.78, 5) is 0. The molecular formula is C7H7Cl2Zr. The summed E-state index contributed by atoms with van der Waals surface area (Å²) in [5, 5.41) is 0. The van der Waals surface area contributed by atoms with Crippen LogP contribution in [0.5, 0.6) is 0 Å². The van der Waals surface area contributed by atoms with Gasteiger partial charge in [-0.2, -0.15) is 0 Å². The molecule has 0 fully saturated rings. The van der Waals surface area contributed by atoms with E-state index in [-0.39, 0.29) is 0 Å². The van der Waals surface area contributed by atoms with Crippen molar-refractivity contribution in [2.24, 2.45) is 0 Å². The van der Waals surface area contributed by atoms with Gasteiger partial charge in [0.05, 0.1) is 0 Å². The first kappa shape index (κ1) is 10.7. The van der Waals surface area contributed by atoms with Crippen LogP contribution in [-0.4, -0.2) is 0 Å². The van der Waals surface area contributed by atoms with E-state index in [1.165, 1.54) is 0 Å². The summed E-state index contributed by atoms with van der Waals surface area (Å²) in [5.41, 5.74) is 1.07. The number of halogens is 2. The van der Waals surface area contributed by atoms with Crippen molar-refractivity contribution in [1.82, 2.24) is 0 Å². The molecule has 0 amide bonds. The van der Waals surface area contributed by atoms with Crippen LogP contribution in [0, 0.1) is 6.92 Å². The summed E-state index contributed by atoms with van der Waals surface area (Å²) < 4.78 is 0. The van der Waals surface area contributed by atoms with E-state index in [4.69, 9.17) is 17.0 Å². The summed E-state index contributed by atoms with van der Waals surface area (Å²) >= 11 is -0.826. The first-order chi connectivity index (χ1) is 4.81. The minimum absolute atomic E-state index is 0.826. The monoisotopic (exact) mass is 251 g/mol. The van der Waals surface area contributed by atoms with E-state index in [9.17, 15) is 0 Å². The molecule has 0 bridgehead atoms. The van der Waals surface area contributed by atoms with E-state index in [0.717, 1.165) is 5.56 Å². The molecule has 0 atom stereocenters. The fourth-order valence-electron chi connectivity index (χ4n) is 0.478. The molecule has 1 rings (SSSR count). The molecular weight excluding hydrogens is 246 g/mol. The van der Waals surface area contributed by atoms with Gasteiger partial charge in [-0.1, -0.05) is 30.3 Å². The first-order valence-corrected chi connectivity index (χ1v) is 8.97. The molecule has 1 radical (unpaired) electrons. The van der Waals surface area contributed by atoms with Crippen molar-refractivity contribution in [2.45, 2.75) is 0 Å². The van der Waals surface area contributed by atoms with Gasteiger partial charge in [-0.05, 0) is 12.5 Å². The van der Waals surface area contributed by atoms with Crippen LogP contribution in [0.25, 0.3) is 0 Å². The molecule has 0 spiro atoms. The van der Waals surface area contributed by atoms with Gasteiger partial charge in [-0.15, -0.1) is 0 Å². The van der Waals surface area contributed by atoms with Crippen molar-refractivity contribution in [1.29, 1.82) is 0 Å². The number of hydrogen-bond donors (Lipinski definition) is 0. The predicted octanol–water partition coefficient (Wildman–Crippen LogP) is 3.25. The van der Waals surface area contributed by atoms with Crippen LogP contribution in [0.3, 0.4) is 0 Å². The summed E-state index contributed by atoms with van der Waals surface area (Å²) in [6.07, 6.45) is 0. The Morgan fingerprint density at radius 2 is 1.50 bits per heavy atom. The third-order valence-corrected chi connectivity index (χ3v) is 0.843. The Hall–Kier alpha value is 0.683. The van der Waals surface area contributed by atoms with Gasteiger partial charge in [0.2, 0.25) is 0 Å². The minimum atomic E-state index is -0.826. The molecule has 0 saturated carbocycles. The van der Waals surface area contributed by atoms with Gasteiger partial charge in [0.1, 0.15) is 0 Å². The van der Waals surface area contributed by atoms with E-state index in [1.807, 2.05) is 30.3 Å². The van der Waals surface area contributed by atoms with Crippen LogP contribution in [0.15, 0.2) is 30.3 Å². The molecule has 1 aromatic carbocycles. The Bertz CT molecular complexity index is 153. The van der Waals surface area contributed by atoms with Crippen LogP contribution in [0.4, 0.5) is 0 Å². The molecule has 0 aliphatic rings. The van der Waals surface area contributed by atoms with E-state index in [1.54, 1.807) is 0 Å². The zero-order valence-electron chi connectivity index (χ0n) is 5.35. The van der Waals surface area contributed by atoms with Crippen LogP contribution in [-0.2, 0) is 20.8 Å². The third-order valence-electron chi connectivity index (χ3n) is 0.843. The van der Waals surface area contributed by atoms with E-state index in [2.05, 4.69) is 6.92 Å². The van der Waals surface area contributed by atoms with E-state index >= 15 is 0 Å². The normalized spacial score (nSPS) is 7.50. The molecule has 53 valence electrons. The number of hydrogen-bond acceptors (Lipinski definition) is 0. The average molecular weight is 253 g/mol. The van der Waals surface area contributed by atoms with Crippen LogP contribution in [0.2, 0.25) is 0 Å². The zero-order chi connectivity index (χ0) is 7.82. The SMILES string of the molecule is [CH2]c1ccccc1.[Cl][Zr][Cl]. The molecule has 3 heteroatoms. The maximum atomic E-state index is 4.93. The first-order valence-electron chi connectivity index (χ1n) is 2.64. The van der Waals surface area contributed by atoms with Gasteiger partial charge in [0.15, 0.2) is 0 Å². The van der Waals surface area contributed by atoms with Gasteiger partial charge in [0, 0.05) is 0 Å². The van der Waals surface area contributed by atoms with Crippen molar-refractivity contribution >= 4 is 17.0 Å². The number of rotatable bonds is 0. The molecule has 0 heterocycles. The topological polar surface area (TPSA) is 0 Å². The van der Waals surface area contributed by atoms with Crippen molar-refractivity contribution in [3.8, 4) is 0 Å². The molecule has 0 nitrogen and oxygen atoms in total. The van der Waals surface area contributed by atoms with E-state index in [0.29, 0.717) is 0 Å². The predicted molar refractivity (Wildman–Crippen MR) is 42.6 cm³/mol. The average Bonchev–Trinajstić information content (AvgIpc) is 1.91. The summed E-state index contributed by atoms with van der Waals surface area (Å²) in [7, 11) is 9.87. The van der Waals surface area contributed by atoms with Crippen molar-refractivity contribution in [3.05, 3.63) is 42.8 Å². The van der Waals surface area contributed by atoms with Gasteiger partial charge < -0.3 is 0 Å². The van der Waals surface area contributed by atoms with Crippen LogP contribution >= 0.6 is 17.0 Å². The molecule has 10 heavy (non-hydrogen) atoms. The van der Waals surface area contributed by atoms with Crippen molar-refractivity contribution < 1.29 is 20.8 Å². The molecule has 0 saturated heterocycles. The van der Waals surface area contributed by atoms with Crippen LogP contribution in [0.1, 0.15) is 5.56 Å². The Labute approximate surface area is 80.2 Å². The Balaban J connectivity index is 0.000000236. The van der Waals surface area contributed by atoms with Gasteiger partial charge >= 0.3 is 37.9 Å². The van der Waals surface area contributed by atoms with Crippen molar-refractivity contribution in [3.63, 3.8) is 0 Å². The zero-order valence-corrected chi connectivity index (χ0v) is 9.32. The second-order valence-electron chi connectivity index (χ2n) is 1.56. The second kappa shape index (κ2) is 7.79. The van der Waals surface area contributed by atoms with E-state index < -0.39 is 20.8 Å². The molecule has 0 N–H and O–H groups in total. The molecule has 0 aliphatic heterocycles. The second-order valence-corrected chi connectivity index (χ2v) is 5.29. The van der Waals surface area contributed by atoms with Gasteiger partial charge in [0.25, 0.3) is 0 Å². The molecule has 0 aliphatic carbocycles. The standard InChI is InChI=1S/C7H7.2ClH.Zr/c1-7-5-3-2-4-6-7;;;/h2-6H,1H2;2*1H;/q;;;+2/p-2. The fourth-order valence-corrected chi connectivity index (χ4v) is 0.478. The Kier molecular flexibility index (Phi) is 8.32. The Morgan fingerprint density at radius 3 is 1.70 bits per heavy atom. The molecule has 1 aromatic rings. The third kappa shape index (κ3) is 6.80. The van der Waals surface area contributed by atoms with Crippen LogP contribution < -0.4 is 0 Å². The number of benzene rings is 1. The van der Waals surface area contributed by atoms with Gasteiger partial charge in [-0.25, -0.2) is 0 Å². The molecule has 0 aromatic heterocycles. The molecule has 0 unspecified atom stereocenters. The summed E-state index contributed by atoms with van der Waals surface area (Å²) in [6, 6.07) is 9.87. The summed E-state index contributed by atoms with van der Waals surface area (Å²) in [6.45, 7) is 3.72. The van der Waals surface area contributed by atoms with Crippen molar-refractivity contribution in [2.75, 3.05) is 0 Å². The summed E-state index contributed by atoms with van der Waals surface area (Å²) in [5.74, 6) is 0. The fraction of sp³-hybridized carbons (Fsp3) is 0. The maximum absolute atomic E-state index is 4.93. The quantitative estimate of drug-likeness (QED) is 0.666. The Morgan fingerprint density at radius 1 is 1.10 bits per heavy atom. The van der Waals surface area contributed by atoms with Gasteiger partial charge in [-0.3, -0.25) is 0 Å².